The number of benzene rings is 1. The molecular formula is C10H9F4NO2. The number of nitrogens with one attached hydrogen (secondary N) is 1. The van der Waals surface area contributed by atoms with Gasteiger partial charge in [-0.3, -0.25) is 5.32 Å². The summed E-state index contributed by atoms with van der Waals surface area (Å²) in [7, 11) is 0. The van der Waals surface area contributed by atoms with E-state index in [9.17, 15) is 22.4 Å². The molecule has 94 valence electrons. The third-order valence-corrected chi connectivity index (χ3v) is 1.79. The number of halogens is 4. The third-order valence-electron chi connectivity index (χ3n) is 1.79. The van der Waals surface area contributed by atoms with E-state index in [0.29, 0.717) is 5.56 Å². The van der Waals surface area contributed by atoms with Crippen LogP contribution in [0.4, 0.5) is 28.0 Å². The maximum Gasteiger partial charge on any atom is 0.422 e. The third kappa shape index (κ3) is 4.71. The Labute approximate surface area is 94.4 Å². The summed E-state index contributed by atoms with van der Waals surface area (Å²) in [5.41, 5.74) is 0.388. The average molecular weight is 251 g/mol. The molecule has 0 saturated heterocycles. The molecule has 1 amide bonds. The number of amides is 1. The molecule has 0 atom stereocenters. The number of rotatable bonds is 2. The van der Waals surface area contributed by atoms with Gasteiger partial charge in [0.1, 0.15) is 5.82 Å². The summed E-state index contributed by atoms with van der Waals surface area (Å²) in [6.07, 6.45) is -5.87. The van der Waals surface area contributed by atoms with E-state index < -0.39 is 24.7 Å². The van der Waals surface area contributed by atoms with E-state index in [1.54, 1.807) is 0 Å². The molecule has 1 aromatic rings. The van der Waals surface area contributed by atoms with Gasteiger partial charge in [0.15, 0.2) is 6.61 Å². The van der Waals surface area contributed by atoms with E-state index in [1.165, 1.54) is 19.1 Å². The first-order chi connectivity index (χ1) is 7.78. The van der Waals surface area contributed by atoms with Crippen LogP contribution in [0.1, 0.15) is 5.56 Å². The summed E-state index contributed by atoms with van der Waals surface area (Å²) >= 11 is 0. The van der Waals surface area contributed by atoms with Crippen molar-refractivity contribution in [3.8, 4) is 0 Å². The second-order valence-electron chi connectivity index (χ2n) is 3.28. The first kappa shape index (κ1) is 13.3. The number of aryl methyl sites for hydroxylation is 1. The molecule has 0 radical (unpaired) electrons. The Balaban J connectivity index is 2.54. The van der Waals surface area contributed by atoms with Crippen LogP contribution in [0, 0.1) is 12.7 Å². The molecule has 0 aromatic heterocycles. The number of ether oxygens (including phenoxy) is 1. The molecule has 17 heavy (non-hydrogen) atoms. The van der Waals surface area contributed by atoms with Gasteiger partial charge in [-0.1, -0.05) is 6.07 Å². The van der Waals surface area contributed by atoms with Crippen LogP contribution in [0.25, 0.3) is 0 Å². The number of carbonyl (C=O) groups is 1. The van der Waals surface area contributed by atoms with E-state index in [-0.39, 0.29) is 5.69 Å². The van der Waals surface area contributed by atoms with Gasteiger partial charge in [0.05, 0.1) is 0 Å². The minimum atomic E-state index is -4.59. The van der Waals surface area contributed by atoms with Gasteiger partial charge in [0.25, 0.3) is 0 Å². The zero-order valence-electron chi connectivity index (χ0n) is 8.77. The number of anilines is 1. The molecule has 0 unspecified atom stereocenters. The Bertz CT molecular complexity index is 417. The van der Waals surface area contributed by atoms with E-state index in [2.05, 4.69) is 4.74 Å². The number of alkyl halides is 3. The van der Waals surface area contributed by atoms with Crippen molar-refractivity contribution in [1.82, 2.24) is 0 Å². The van der Waals surface area contributed by atoms with Gasteiger partial charge in [-0.15, -0.1) is 0 Å². The smallest absolute Gasteiger partial charge is 0.422 e. The van der Waals surface area contributed by atoms with Gasteiger partial charge in [0, 0.05) is 5.69 Å². The average Bonchev–Trinajstić information content (AvgIpc) is 2.20. The summed E-state index contributed by atoms with van der Waals surface area (Å²) < 4.78 is 52.0. The molecule has 0 aliphatic carbocycles. The number of hydrogen-bond donors (Lipinski definition) is 1. The molecule has 1 N–H and O–H groups in total. The van der Waals surface area contributed by atoms with Crippen LogP contribution in [0.3, 0.4) is 0 Å². The van der Waals surface area contributed by atoms with Gasteiger partial charge < -0.3 is 4.74 Å². The topological polar surface area (TPSA) is 38.3 Å². The standard InChI is InChI=1S/C10H9F4NO2/c1-6-2-3-7(4-8(6)11)15-9(16)17-5-10(12,13)14/h2-4H,5H2,1H3,(H,15,16). The van der Waals surface area contributed by atoms with Crippen molar-refractivity contribution >= 4 is 11.8 Å². The fourth-order valence-corrected chi connectivity index (χ4v) is 0.972. The van der Waals surface area contributed by atoms with Crippen LogP contribution in [0.5, 0.6) is 0 Å². The Kier molecular flexibility index (Phi) is 3.93. The summed E-state index contributed by atoms with van der Waals surface area (Å²) in [4.78, 5) is 10.9. The highest BCUT2D eigenvalue weighted by Gasteiger charge is 2.29. The molecule has 0 aliphatic rings. The van der Waals surface area contributed by atoms with Crippen molar-refractivity contribution < 1.29 is 27.1 Å². The van der Waals surface area contributed by atoms with Crippen LogP contribution in [0.2, 0.25) is 0 Å². The first-order valence-electron chi connectivity index (χ1n) is 4.54. The van der Waals surface area contributed by atoms with Crippen LogP contribution in [-0.2, 0) is 4.74 Å². The van der Waals surface area contributed by atoms with Crippen molar-refractivity contribution in [2.75, 3.05) is 11.9 Å². The minimum Gasteiger partial charge on any atom is -0.440 e. The lowest BCUT2D eigenvalue weighted by Gasteiger charge is -2.09. The molecule has 7 heteroatoms. The molecule has 3 nitrogen and oxygen atoms in total. The fourth-order valence-electron chi connectivity index (χ4n) is 0.972. The summed E-state index contributed by atoms with van der Waals surface area (Å²) in [6.45, 7) is -0.172. The lowest BCUT2D eigenvalue weighted by molar-refractivity contribution is -0.159. The molecule has 1 aromatic carbocycles. The summed E-state index contributed by atoms with van der Waals surface area (Å²) in [6, 6.07) is 3.73. The quantitative estimate of drug-likeness (QED) is 0.819. The highest BCUT2D eigenvalue weighted by atomic mass is 19.4. The monoisotopic (exact) mass is 251 g/mol. The van der Waals surface area contributed by atoms with E-state index in [1.807, 2.05) is 5.32 Å². The van der Waals surface area contributed by atoms with Crippen LogP contribution >= 0.6 is 0 Å². The molecular weight excluding hydrogens is 242 g/mol. The predicted molar refractivity (Wildman–Crippen MR) is 52.2 cm³/mol. The van der Waals surface area contributed by atoms with Crippen molar-refractivity contribution in [3.05, 3.63) is 29.6 Å². The Morgan fingerprint density at radius 2 is 2.06 bits per heavy atom. The van der Waals surface area contributed by atoms with E-state index in [4.69, 9.17) is 0 Å². The highest BCUT2D eigenvalue weighted by molar-refractivity contribution is 5.84. The lowest BCUT2D eigenvalue weighted by Crippen LogP contribution is -2.23. The predicted octanol–water partition coefficient (Wildman–Crippen LogP) is 3.24. The molecule has 0 aliphatic heterocycles. The van der Waals surface area contributed by atoms with Gasteiger partial charge in [-0.25, -0.2) is 9.18 Å². The second kappa shape index (κ2) is 5.03. The van der Waals surface area contributed by atoms with Crippen LogP contribution < -0.4 is 5.32 Å². The first-order valence-corrected chi connectivity index (χ1v) is 4.54. The molecule has 1 rings (SSSR count). The molecule has 0 spiro atoms. The Hall–Kier alpha value is -1.79. The largest absolute Gasteiger partial charge is 0.440 e. The zero-order valence-corrected chi connectivity index (χ0v) is 8.77. The van der Waals surface area contributed by atoms with E-state index >= 15 is 0 Å². The van der Waals surface area contributed by atoms with E-state index in [0.717, 1.165) is 6.07 Å². The molecule has 0 heterocycles. The lowest BCUT2D eigenvalue weighted by atomic mass is 10.2. The number of hydrogen-bond acceptors (Lipinski definition) is 2. The van der Waals surface area contributed by atoms with Gasteiger partial charge in [-0.2, -0.15) is 13.2 Å². The van der Waals surface area contributed by atoms with Crippen molar-refractivity contribution in [3.63, 3.8) is 0 Å². The van der Waals surface area contributed by atoms with Crippen LogP contribution in [0.15, 0.2) is 18.2 Å². The maximum absolute atomic E-state index is 13.0. The normalized spacial score (nSPS) is 11.1. The molecule has 0 bridgehead atoms. The fraction of sp³-hybridized carbons (Fsp3) is 0.300. The highest BCUT2D eigenvalue weighted by Crippen LogP contribution is 2.16. The second-order valence-corrected chi connectivity index (χ2v) is 3.28. The SMILES string of the molecule is Cc1ccc(NC(=O)OCC(F)(F)F)cc1F. The number of carbonyl (C=O) groups excluding carboxylic acids is 1. The van der Waals surface area contributed by atoms with Crippen molar-refractivity contribution in [2.24, 2.45) is 0 Å². The van der Waals surface area contributed by atoms with Gasteiger partial charge in [-0.05, 0) is 24.6 Å². The zero-order chi connectivity index (χ0) is 13.1. The maximum atomic E-state index is 13.0. The van der Waals surface area contributed by atoms with Gasteiger partial charge >= 0.3 is 12.3 Å². The minimum absolute atomic E-state index is 0.0280. The Morgan fingerprint density at radius 3 is 2.59 bits per heavy atom. The summed E-state index contributed by atoms with van der Waals surface area (Å²) in [5.74, 6) is -0.571. The summed E-state index contributed by atoms with van der Waals surface area (Å²) in [5, 5.41) is 1.98. The molecule has 0 fully saturated rings. The van der Waals surface area contributed by atoms with Gasteiger partial charge in [0.2, 0.25) is 0 Å². The Morgan fingerprint density at radius 1 is 1.41 bits per heavy atom. The molecule has 0 saturated carbocycles. The van der Waals surface area contributed by atoms with Crippen molar-refractivity contribution in [1.29, 1.82) is 0 Å². The van der Waals surface area contributed by atoms with Crippen molar-refractivity contribution in [2.45, 2.75) is 13.1 Å². The van der Waals surface area contributed by atoms with Crippen LogP contribution in [-0.4, -0.2) is 18.9 Å².